The highest BCUT2D eigenvalue weighted by molar-refractivity contribution is 7.99. The fraction of sp³-hybridized carbons (Fsp3) is 0.0833. The Bertz CT molecular complexity index is 690. The third-order valence-corrected chi connectivity index (χ3v) is 4.29. The second-order valence-electron chi connectivity index (χ2n) is 3.68. The Balaban J connectivity index is 2.01. The second-order valence-corrected chi connectivity index (χ2v) is 5.62. The first-order valence-electron chi connectivity index (χ1n) is 5.36. The highest BCUT2D eigenvalue weighted by Crippen LogP contribution is 2.31. The SMILES string of the molecule is NCc1c(Sc2cccc(F)c2)nc2sccn12. The smallest absolute Gasteiger partial charge is 0.194 e. The predicted octanol–water partition coefficient (Wildman–Crippen LogP) is 3.14. The molecule has 0 saturated heterocycles. The molecule has 6 heteroatoms. The number of rotatable bonds is 3. The summed E-state index contributed by atoms with van der Waals surface area (Å²) >= 11 is 3.00. The molecule has 0 fully saturated rings. The third-order valence-electron chi connectivity index (χ3n) is 2.53. The molecule has 2 heterocycles. The Labute approximate surface area is 111 Å². The van der Waals surface area contributed by atoms with Crippen molar-refractivity contribution in [3.05, 3.63) is 47.4 Å². The van der Waals surface area contributed by atoms with Crippen LogP contribution < -0.4 is 5.73 Å². The number of halogens is 1. The molecule has 92 valence electrons. The summed E-state index contributed by atoms with van der Waals surface area (Å²) in [7, 11) is 0. The molecule has 3 aromatic rings. The van der Waals surface area contributed by atoms with Gasteiger partial charge in [-0.1, -0.05) is 17.8 Å². The summed E-state index contributed by atoms with van der Waals surface area (Å²) in [4.78, 5) is 6.25. The first-order valence-corrected chi connectivity index (χ1v) is 7.05. The number of hydrogen-bond acceptors (Lipinski definition) is 4. The van der Waals surface area contributed by atoms with E-state index in [0.29, 0.717) is 6.54 Å². The zero-order chi connectivity index (χ0) is 12.5. The molecule has 0 spiro atoms. The van der Waals surface area contributed by atoms with Gasteiger partial charge in [0.05, 0.1) is 5.69 Å². The van der Waals surface area contributed by atoms with Crippen LogP contribution in [0.15, 0.2) is 45.8 Å². The van der Waals surface area contributed by atoms with Crippen molar-refractivity contribution in [2.24, 2.45) is 5.73 Å². The van der Waals surface area contributed by atoms with Crippen LogP contribution in [0, 0.1) is 5.82 Å². The topological polar surface area (TPSA) is 43.3 Å². The maximum absolute atomic E-state index is 13.1. The van der Waals surface area contributed by atoms with Gasteiger partial charge in [-0.25, -0.2) is 9.37 Å². The fourth-order valence-electron chi connectivity index (χ4n) is 1.72. The molecule has 0 radical (unpaired) electrons. The average molecular weight is 279 g/mol. The average Bonchev–Trinajstić information content (AvgIpc) is 2.89. The molecule has 0 bridgehead atoms. The summed E-state index contributed by atoms with van der Waals surface area (Å²) in [6, 6.07) is 6.48. The molecule has 18 heavy (non-hydrogen) atoms. The fourth-order valence-corrected chi connectivity index (χ4v) is 3.49. The molecular weight excluding hydrogens is 269 g/mol. The summed E-state index contributed by atoms with van der Waals surface area (Å²) < 4.78 is 15.1. The van der Waals surface area contributed by atoms with E-state index in [1.54, 1.807) is 17.4 Å². The molecular formula is C12H10FN3S2. The molecule has 0 amide bonds. The van der Waals surface area contributed by atoms with Gasteiger partial charge in [-0.05, 0) is 18.2 Å². The standard InChI is InChI=1S/C12H10FN3S2/c13-8-2-1-3-9(6-8)18-11-10(7-14)16-4-5-17-12(16)15-11/h1-6H,7,14H2. The first kappa shape index (κ1) is 11.7. The highest BCUT2D eigenvalue weighted by atomic mass is 32.2. The molecule has 2 aromatic heterocycles. The second kappa shape index (κ2) is 4.72. The lowest BCUT2D eigenvalue weighted by Crippen LogP contribution is -2.00. The lowest BCUT2D eigenvalue weighted by molar-refractivity contribution is 0.624. The van der Waals surface area contributed by atoms with E-state index in [0.717, 1.165) is 20.6 Å². The van der Waals surface area contributed by atoms with E-state index in [4.69, 9.17) is 5.73 Å². The van der Waals surface area contributed by atoms with Crippen LogP contribution in [0.4, 0.5) is 4.39 Å². The van der Waals surface area contributed by atoms with Crippen LogP contribution in [-0.2, 0) is 6.54 Å². The van der Waals surface area contributed by atoms with Crippen molar-refractivity contribution in [1.82, 2.24) is 9.38 Å². The summed E-state index contributed by atoms with van der Waals surface area (Å²) in [6.07, 6.45) is 1.95. The normalized spacial score (nSPS) is 11.2. The zero-order valence-electron chi connectivity index (χ0n) is 9.34. The minimum Gasteiger partial charge on any atom is -0.325 e. The number of benzene rings is 1. The van der Waals surface area contributed by atoms with Crippen LogP contribution in [0.25, 0.3) is 4.96 Å². The molecule has 3 rings (SSSR count). The number of nitrogens with zero attached hydrogens (tertiary/aromatic N) is 2. The summed E-state index contributed by atoms with van der Waals surface area (Å²) in [5.74, 6) is -0.240. The van der Waals surface area contributed by atoms with Crippen LogP contribution in [-0.4, -0.2) is 9.38 Å². The van der Waals surface area contributed by atoms with Crippen molar-refractivity contribution < 1.29 is 4.39 Å². The maximum atomic E-state index is 13.1. The zero-order valence-corrected chi connectivity index (χ0v) is 11.0. The van der Waals surface area contributed by atoms with Crippen molar-refractivity contribution in [3.8, 4) is 0 Å². The molecule has 0 aliphatic carbocycles. The van der Waals surface area contributed by atoms with E-state index in [1.165, 1.54) is 23.9 Å². The lowest BCUT2D eigenvalue weighted by Gasteiger charge is -2.01. The molecule has 0 atom stereocenters. The van der Waals surface area contributed by atoms with Crippen LogP contribution in [0.5, 0.6) is 0 Å². The van der Waals surface area contributed by atoms with E-state index < -0.39 is 0 Å². The number of thiazole rings is 1. The van der Waals surface area contributed by atoms with Gasteiger partial charge < -0.3 is 5.73 Å². The minimum absolute atomic E-state index is 0.240. The van der Waals surface area contributed by atoms with Gasteiger partial charge >= 0.3 is 0 Å². The van der Waals surface area contributed by atoms with Gasteiger partial charge in [-0.3, -0.25) is 4.40 Å². The van der Waals surface area contributed by atoms with Gasteiger partial charge in [-0.15, -0.1) is 11.3 Å². The van der Waals surface area contributed by atoms with Gasteiger partial charge in [0, 0.05) is 23.0 Å². The molecule has 1 aromatic carbocycles. The van der Waals surface area contributed by atoms with Crippen molar-refractivity contribution in [3.63, 3.8) is 0 Å². The van der Waals surface area contributed by atoms with Gasteiger partial charge in [-0.2, -0.15) is 0 Å². The predicted molar refractivity (Wildman–Crippen MR) is 71.5 cm³/mol. The van der Waals surface area contributed by atoms with E-state index in [1.807, 2.05) is 22.0 Å². The number of nitrogens with two attached hydrogens (primary N) is 1. The Kier molecular flexibility index (Phi) is 3.07. The quantitative estimate of drug-likeness (QED) is 0.801. The van der Waals surface area contributed by atoms with E-state index in [9.17, 15) is 4.39 Å². The van der Waals surface area contributed by atoms with E-state index in [2.05, 4.69) is 4.98 Å². The molecule has 0 aliphatic heterocycles. The minimum atomic E-state index is -0.240. The molecule has 0 aliphatic rings. The van der Waals surface area contributed by atoms with Crippen molar-refractivity contribution in [2.45, 2.75) is 16.5 Å². The first-order chi connectivity index (χ1) is 8.78. The maximum Gasteiger partial charge on any atom is 0.194 e. The number of fused-ring (bicyclic) bond motifs is 1. The number of hydrogen-bond donors (Lipinski definition) is 1. The van der Waals surface area contributed by atoms with E-state index >= 15 is 0 Å². The van der Waals surface area contributed by atoms with Crippen molar-refractivity contribution in [1.29, 1.82) is 0 Å². The molecule has 0 saturated carbocycles. The van der Waals surface area contributed by atoms with Crippen LogP contribution in [0.1, 0.15) is 5.69 Å². The van der Waals surface area contributed by atoms with Gasteiger partial charge in [0.1, 0.15) is 10.8 Å². The van der Waals surface area contributed by atoms with Crippen molar-refractivity contribution >= 4 is 28.1 Å². The highest BCUT2D eigenvalue weighted by Gasteiger charge is 2.13. The van der Waals surface area contributed by atoms with E-state index in [-0.39, 0.29) is 5.82 Å². The monoisotopic (exact) mass is 279 g/mol. The molecule has 3 nitrogen and oxygen atoms in total. The third kappa shape index (κ3) is 2.03. The Morgan fingerprint density at radius 2 is 2.33 bits per heavy atom. The Morgan fingerprint density at radius 3 is 3.11 bits per heavy atom. The van der Waals surface area contributed by atoms with Crippen LogP contribution in [0.3, 0.4) is 0 Å². The Hall–Kier alpha value is -1.37. The van der Waals surface area contributed by atoms with Crippen molar-refractivity contribution in [2.75, 3.05) is 0 Å². The van der Waals surface area contributed by atoms with Crippen LogP contribution >= 0.6 is 23.1 Å². The summed E-state index contributed by atoms with van der Waals surface area (Å²) in [5.41, 5.74) is 6.72. The van der Waals surface area contributed by atoms with Gasteiger partial charge in [0.2, 0.25) is 0 Å². The molecule has 0 unspecified atom stereocenters. The largest absolute Gasteiger partial charge is 0.325 e. The summed E-state index contributed by atoms with van der Waals surface area (Å²) in [6.45, 7) is 0.412. The number of imidazole rings is 1. The van der Waals surface area contributed by atoms with Gasteiger partial charge in [0.15, 0.2) is 4.96 Å². The number of aromatic nitrogens is 2. The lowest BCUT2D eigenvalue weighted by atomic mass is 10.4. The van der Waals surface area contributed by atoms with Crippen LogP contribution in [0.2, 0.25) is 0 Å². The summed E-state index contributed by atoms with van der Waals surface area (Å²) in [5, 5.41) is 2.81. The van der Waals surface area contributed by atoms with Gasteiger partial charge in [0.25, 0.3) is 0 Å². The molecule has 2 N–H and O–H groups in total. The Morgan fingerprint density at radius 1 is 1.44 bits per heavy atom.